The highest BCUT2D eigenvalue weighted by atomic mass is 19.4. The molecule has 6 heterocycles. The number of ketones is 1. The standard InChI is InChI=1S/2C11H21N.C11H20O.4C11H20.C10H16F2.C10H18.C3H5F3.C3H6O.C2H6/c3*1-11(2,3)8-6-9-4-5-10(7-8)12-9;2*1-11(2,3)10-7-8-4-5-9(10)6-8;2*1-11(2,3)10-8-4-5-9(10)7-6-8;1-9(2,3)6-4-7-8(5-6)10(7,11)12;1-10(2,3)9-5-7-4-8(7)6-9;1-2-3(4,5)6;1-3(2)4;1-2/h2*8-10,12H,4-7H2,1-3H3;8-10H,4-7H2,1-3H3;4*8-10H,4-7H2,1-3H3;6-8H,4-5H2,1-3H3;7-9H,4-6H2,1-3H3;2H2,1H3;1-2H3;1-2H3. The van der Waals surface area contributed by atoms with E-state index in [2.05, 4.69) is 198 Å². The monoisotopic (exact) mass is 1610 g/mol. The first kappa shape index (κ1) is 100. The van der Waals surface area contributed by atoms with Crippen LogP contribution >= 0.6 is 0 Å². The van der Waals surface area contributed by atoms with Crippen molar-refractivity contribution in [1.29, 1.82) is 0 Å². The molecular weight excluding hydrogens is 1420 g/mol. The molecule has 18 aliphatic rings. The van der Waals surface area contributed by atoms with Crippen molar-refractivity contribution in [2.75, 3.05) is 0 Å². The van der Waals surface area contributed by atoms with Gasteiger partial charge in [0.05, 0.1) is 12.2 Å². The molecule has 0 spiro atoms. The fraction of sp³-hybridized carbons (Fsp3) is 0.990. The van der Waals surface area contributed by atoms with Gasteiger partial charge in [0.15, 0.2) is 0 Å². The lowest BCUT2D eigenvalue weighted by Gasteiger charge is -2.37. The molecule has 0 aromatic carbocycles. The molecule has 0 aromatic heterocycles. The third-order valence-electron chi connectivity index (χ3n) is 33.8. The molecule has 6 aliphatic heterocycles. The Kier molecular flexibility index (Phi) is 35.2. The van der Waals surface area contributed by atoms with E-state index in [1.807, 2.05) is 13.8 Å². The zero-order valence-electron chi connectivity index (χ0n) is 81.3. The SMILES string of the molecule is CC.CC(C)(C)C1C2CCC1CC2.CC(C)(C)C1C2CCC1CC2.CC(C)(C)C1CC2C(C1)C2(F)F.CC(C)(C)C1CC2CC2C1.CC(C)(C)C1CC2CCC(C1)N2.CC(C)(C)C1CC2CCC(C1)N2.CC(C)(C)C1CC2CCC(C1)O2.CC(C)(C)C1CC2CCC1C2.CC(C)(C)C1CC2CCC1C2.CC(C)=O.CCC(F)(F)F. The van der Waals surface area contributed by atoms with Crippen molar-refractivity contribution in [1.82, 2.24) is 10.6 Å². The number of piperidine rings is 2. The van der Waals surface area contributed by atoms with Crippen LogP contribution in [0.1, 0.15) is 440 Å². The number of rotatable bonds is 0. The van der Waals surface area contributed by atoms with Crippen LogP contribution in [0.5, 0.6) is 0 Å². The second-order valence-corrected chi connectivity index (χ2v) is 51.9. The van der Waals surface area contributed by atoms with Crippen LogP contribution in [0.15, 0.2) is 0 Å². The largest absolute Gasteiger partial charge is 0.388 e. The van der Waals surface area contributed by atoms with Crippen LogP contribution in [0.2, 0.25) is 0 Å². The minimum absolute atomic E-state index is 0.167. The average molecular weight is 1610 g/mol. The first-order chi connectivity index (χ1) is 52.2. The van der Waals surface area contributed by atoms with Gasteiger partial charge in [0, 0.05) is 42.4 Å². The van der Waals surface area contributed by atoms with Crippen molar-refractivity contribution in [3.8, 4) is 0 Å². The van der Waals surface area contributed by atoms with Gasteiger partial charge in [0.1, 0.15) is 5.78 Å². The second kappa shape index (κ2) is 40.0. The van der Waals surface area contributed by atoms with E-state index in [0.717, 1.165) is 150 Å². The maximum absolute atomic E-state index is 12.8. The number of carbonyl (C=O) groups excluding carboxylic acids is 1. The highest BCUT2D eigenvalue weighted by Gasteiger charge is 2.72. The first-order valence-electron chi connectivity index (χ1n) is 49.3. The molecule has 4 nitrogen and oxygen atoms in total. The van der Waals surface area contributed by atoms with E-state index in [-0.39, 0.29) is 23.0 Å². The van der Waals surface area contributed by atoms with Gasteiger partial charge in [-0.1, -0.05) is 221 Å². The van der Waals surface area contributed by atoms with Crippen LogP contribution in [0, 0.1) is 173 Å². The Morgan fingerprint density at radius 1 is 0.307 bits per heavy atom. The topological polar surface area (TPSA) is 50.4 Å². The maximum atomic E-state index is 12.8. The molecule has 670 valence electrons. The lowest BCUT2D eigenvalue weighted by atomic mass is 9.72. The van der Waals surface area contributed by atoms with Gasteiger partial charge in [0.25, 0.3) is 5.92 Å². The molecule has 9 heteroatoms. The van der Waals surface area contributed by atoms with Gasteiger partial charge in [-0.05, 0) is 374 Å². The van der Waals surface area contributed by atoms with Crippen molar-refractivity contribution in [3.05, 3.63) is 0 Å². The van der Waals surface area contributed by atoms with Crippen molar-refractivity contribution in [2.45, 2.75) is 488 Å². The zero-order valence-corrected chi connectivity index (χ0v) is 81.3. The number of carbonyl (C=O) groups is 1. The first-order valence-corrected chi connectivity index (χ1v) is 49.3. The number of Topliss-reactive ketones (excluding diaryl/α,β-unsaturated/α-hetero) is 1. The number of fused-ring (bicyclic) bond motifs is 16. The molecule has 18 rings (SSSR count). The van der Waals surface area contributed by atoms with Crippen LogP contribution in [-0.2, 0) is 9.53 Å². The number of nitrogens with one attached hydrogen (secondary N) is 2. The minimum Gasteiger partial charge on any atom is -0.375 e. The summed E-state index contributed by atoms with van der Waals surface area (Å²) in [6.07, 6.45) is 43.9. The summed E-state index contributed by atoms with van der Waals surface area (Å²) < 4.78 is 63.8. The van der Waals surface area contributed by atoms with Crippen LogP contribution in [0.3, 0.4) is 0 Å². The summed E-state index contributed by atoms with van der Waals surface area (Å²) in [5, 5.41) is 7.38. The Morgan fingerprint density at radius 2 is 0.553 bits per heavy atom. The molecule has 16 atom stereocenters. The van der Waals surface area contributed by atoms with Crippen molar-refractivity contribution >= 4 is 5.78 Å². The number of alkyl halides is 5. The van der Waals surface area contributed by atoms with Gasteiger partial charge in [-0.3, -0.25) is 0 Å². The van der Waals surface area contributed by atoms with E-state index in [1.165, 1.54) is 194 Å². The Balaban J connectivity index is 0.000000175. The van der Waals surface area contributed by atoms with Gasteiger partial charge in [0.2, 0.25) is 0 Å². The van der Waals surface area contributed by atoms with E-state index in [1.54, 1.807) is 19.3 Å². The zero-order chi connectivity index (χ0) is 85.8. The van der Waals surface area contributed by atoms with Crippen molar-refractivity contribution < 1.29 is 31.5 Å². The predicted molar refractivity (Wildman–Crippen MR) is 480 cm³/mol. The third-order valence-corrected chi connectivity index (χ3v) is 33.8. The van der Waals surface area contributed by atoms with Crippen LogP contribution in [-0.4, -0.2) is 54.3 Å². The molecule has 18 fully saturated rings. The van der Waals surface area contributed by atoms with Gasteiger partial charge in [-0.15, -0.1) is 0 Å². The minimum atomic E-state index is -3.96. The van der Waals surface area contributed by atoms with E-state index in [0.29, 0.717) is 61.4 Å². The maximum Gasteiger partial charge on any atom is 0.388 e. The Hall–Kier alpha value is -0.800. The van der Waals surface area contributed by atoms with E-state index in [4.69, 9.17) is 4.74 Å². The second-order valence-electron chi connectivity index (χ2n) is 51.9. The number of hydrogen-bond donors (Lipinski definition) is 2. The van der Waals surface area contributed by atoms with Crippen LogP contribution < -0.4 is 10.6 Å². The van der Waals surface area contributed by atoms with Crippen LogP contribution in [0.4, 0.5) is 22.0 Å². The molecule has 0 radical (unpaired) electrons. The fourth-order valence-corrected chi connectivity index (χ4v) is 27.0. The van der Waals surface area contributed by atoms with E-state index in [9.17, 15) is 26.7 Å². The van der Waals surface area contributed by atoms with Crippen molar-refractivity contribution in [2.24, 2.45) is 173 Å². The quantitative estimate of drug-likeness (QED) is 0.237. The number of ether oxygens (including phenoxy) is 1. The molecule has 0 amide bonds. The third kappa shape index (κ3) is 29.7. The highest BCUT2D eigenvalue weighted by molar-refractivity contribution is 5.72. The Bertz CT molecular complexity index is 2560. The molecular formula is C105H193F5N2O2. The lowest BCUT2D eigenvalue weighted by Crippen LogP contribution is -2.41. The van der Waals surface area contributed by atoms with Crippen LogP contribution in [0.25, 0.3) is 0 Å². The fourth-order valence-electron chi connectivity index (χ4n) is 27.0. The van der Waals surface area contributed by atoms with Gasteiger partial charge < -0.3 is 20.2 Å². The highest BCUT2D eigenvalue weighted by Crippen LogP contribution is 2.68. The molecule has 12 saturated carbocycles. The molecule has 16 unspecified atom stereocenters. The molecule has 14 bridgehead atoms. The molecule has 12 aliphatic carbocycles. The number of halogens is 5. The lowest BCUT2D eigenvalue weighted by molar-refractivity contribution is -0.130. The van der Waals surface area contributed by atoms with Gasteiger partial charge in [-0.2, -0.15) is 13.2 Å². The van der Waals surface area contributed by atoms with E-state index >= 15 is 0 Å². The van der Waals surface area contributed by atoms with Gasteiger partial charge >= 0.3 is 6.18 Å². The summed E-state index contributed by atoms with van der Waals surface area (Å²) in [5.41, 5.74) is 4.71. The summed E-state index contributed by atoms with van der Waals surface area (Å²) in [4.78, 5) is 9.44. The van der Waals surface area contributed by atoms with E-state index < -0.39 is 18.5 Å². The summed E-state index contributed by atoms with van der Waals surface area (Å²) in [5.74, 6) is 17.0. The smallest absolute Gasteiger partial charge is 0.375 e. The number of hydrogen-bond acceptors (Lipinski definition) is 4. The summed E-state index contributed by atoms with van der Waals surface area (Å²) in [6, 6.07) is 3.42. The summed E-state index contributed by atoms with van der Waals surface area (Å²) in [7, 11) is 0. The normalized spacial score (nSPS) is 39.5. The molecule has 6 saturated heterocycles. The Labute approximate surface area is 705 Å². The Morgan fingerprint density at radius 3 is 0.746 bits per heavy atom. The van der Waals surface area contributed by atoms with Gasteiger partial charge in [-0.25, -0.2) is 8.78 Å². The van der Waals surface area contributed by atoms with Crippen molar-refractivity contribution in [3.63, 3.8) is 0 Å². The summed E-state index contributed by atoms with van der Waals surface area (Å²) in [6.45, 7) is 72.3. The molecule has 0 aromatic rings. The average Bonchev–Trinajstić information content (AvgIpc) is 1.54. The predicted octanol–water partition coefficient (Wildman–Crippen LogP) is 32.0. The molecule has 114 heavy (non-hydrogen) atoms. The summed E-state index contributed by atoms with van der Waals surface area (Å²) >= 11 is 0. The molecule has 2 N–H and O–H groups in total.